The maximum atomic E-state index is 15.2. The molecule has 2 aromatic heterocycles. The number of hydrogen-bond acceptors (Lipinski definition) is 8. The molecule has 0 saturated carbocycles. The Morgan fingerprint density at radius 2 is 2.05 bits per heavy atom. The van der Waals surface area contributed by atoms with E-state index in [0.29, 0.717) is 29.7 Å². The molecule has 37 heavy (non-hydrogen) atoms. The van der Waals surface area contributed by atoms with Crippen molar-refractivity contribution >= 4 is 29.3 Å². The number of carbonyl (C=O) groups excluding carboxylic acids is 2. The Bertz CT molecular complexity index is 1430. The highest BCUT2D eigenvalue weighted by atomic mass is 19.1. The molecule has 2 N–H and O–H groups in total. The number of aromatic nitrogens is 3. The first-order valence-corrected chi connectivity index (χ1v) is 11.9. The van der Waals surface area contributed by atoms with Crippen molar-refractivity contribution in [3.8, 4) is 11.5 Å². The number of ether oxygens (including phenoxy) is 3. The molecule has 0 radical (unpaired) electrons. The number of amides is 2. The van der Waals surface area contributed by atoms with Crippen molar-refractivity contribution in [1.82, 2.24) is 19.9 Å². The van der Waals surface area contributed by atoms with Crippen molar-refractivity contribution in [1.29, 1.82) is 5.41 Å². The molecular formula is C25H27FN6O5. The molecule has 2 aliphatic heterocycles. The van der Waals surface area contributed by atoms with Gasteiger partial charge in [0.2, 0.25) is 0 Å². The van der Waals surface area contributed by atoms with Crippen LogP contribution < -0.4 is 19.7 Å². The predicted octanol–water partition coefficient (Wildman–Crippen LogP) is 3.62. The summed E-state index contributed by atoms with van der Waals surface area (Å²) in [5.41, 5.74) is 0.352. The molecule has 11 nitrogen and oxygen atoms in total. The van der Waals surface area contributed by atoms with Crippen LogP contribution in [0.2, 0.25) is 0 Å². The molecule has 5 rings (SSSR count). The molecule has 4 heterocycles. The zero-order chi connectivity index (χ0) is 26.5. The van der Waals surface area contributed by atoms with E-state index in [4.69, 9.17) is 19.6 Å². The highest BCUT2D eigenvalue weighted by Crippen LogP contribution is 2.39. The van der Waals surface area contributed by atoms with E-state index in [2.05, 4.69) is 15.5 Å². The van der Waals surface area contributed by atoms with Crippen LogP contribution >= 0.6 is 0 Å². The monoisotopic (exact) mass is 510 g/mol. The maximum absolute atomic E-state index is 15.2. The number of carbonyl (C=O) groups is 2. The van der Waals surface area contributed by atoms with Crippen LogP contribution in [0.25, 0.3) is 5.65 Å². The average molecular weight is 511 g/mol. The minimum absolute atomic E-state index is 0.0284. The van der Waals surface area contributed by atoms with Gasteiger partial charge in [-0.1, -0.05) is 6.92 Å². The fourth-order valence-electron chi connectivity index (χ4n) is 4.36. The number of nitrogens with one attached hydrogen (secondary N) is 2. The lowest BCUT2D eigenvalue weighted by atomic mass is 10.0. The number of nitrogens with zero attached hydrogens (tertiary/aromatic N) is 4. The number of rotatable bonds is 2. The minimum Gasteiger partial charge on any atom is -0.486 e. The molecule has 194 valence electrons. The van der Waals surface area contributed by atoms with Gasteiger partial charge in [0.1, 0.15) is 36.2 Å². The molecule has 0 aliphatic carbocycles. The Hall–Kier alpha value is -4.22. The standard InChI is InChI=1S/C25H27FN6O5/c1-5-20(27)29-22(33)15-9-19-23(32-12-28-30-21(15)32)31(24(34)37-25(2,3)4)10-16-14-8-13(11-35-19)36-18(14)7-6-17(16)26/h6-7,9,12-13H,5,8,10-11H2,1-4H3,(H2,27,29,33). The Kier molecular flexibility index (Phi) is 5.97. The topological polar surface area (TPSA) is 131 Å². The second-order valence-electron chi connectivity index (χ2n) is 9.88. The predicted molar refractivity (Wildman–Crippen MR) is 131 cm³/mol. The number of benzene rings is 1. The van der Waals surface area contributed by atoms with Gasteiger partial charge in [0, 0.05) is 30.0 Å². The lowest BCUT2D eigenvalue weighted by Crippen LogP contribution is -2.39. The van der Waals surface area contributed by atoms with Crippen molar-refractivity contribution in [2.75, 3.05) is 11.5 Å². The van der Waals surface area contributed by atoms with Gasteiger partial charge in [0.05, 0.1) is 17.9 Å². The summed E-state index contributed by atoms with van der Waals surface area (Å²) in [6, 6.07) is 4.33. The van der Waals surface area contributed by atoms with E-state index in [1.54, 1.807) is 33.8 Å². The molecule has 0 spiro atoms. The van der Waals surface area contributed by atoms with Gasteiger partial charge in [-0.25, -0.2) is 9.18 Å². The number of pyridine rings is 1. The summed E-state index contributed by atoms with van der Waals surface area (Å²) in [5, 5.41) is 18.4. The lowest BCUT2D eigenvalue weighted by Gasteiger charge is -2.30. The fraction of sp³-hybridized carbons (Fsp3) is 0.400. The smallest absolute Gasteiger partial charge is 0.416 e. The van der Waals surface area contributed by atoms with Gasteiger partial charge in [0.25, 0.3) is 5.91 Å². The highest BCUT2D eigenvalue weighted by molar-refractivity contribution is 6.09. The molecule has 12 heteroatoms. The maximum Gasteiger partial charge on any atom is 0.416 e. The van der Waals surface area contributed by atoms with E-state index in [1.807, 2.05) is 0 Å². The minimum atomic E-state index is -0.842. The van der Waals surface area contributed by atoms with E-state index in [1.165, 1.54) is 27.8 Å². The molecule has 0 saturated heterocycles. The van der Waals surface area contributed by atoms with Crippen molar-refractivity contribution in [3.63, 3.8) is 0 Å². The molecule has 1 unspecified atom stereocenters. The van der Waals surface area contributed by atoms with E-state index in [9.17, 15) is 9.59 Å². The van der Waals surface area contributed by atoms with Crippen LogP contribution in [0.5, 0.6) is 11.5 Å². The summed E-state index contributed by atoms with van der Waals surface area (Å²) >= 11 is 0. The number of anilines is 1. The quantitative estimate of drug-likeness (QED) is 0.398. The summed E-state index contributed by atoms with van der Waals surface area (Å²) in [5.74, 6) is -0.162. The largest absolute Gasteiger partial charge is 0.486 e. The van der Waals surface area contributed by atoms with Crippen LogP contribution in [-0.2, 0) is 17.7 Å². The van der Waals surface area contributed by atoms with E-state index in [-0.39, 0.29) is 41.8 Å². The summed E-state index contributed by atoms with van der Waals surface area (Å²) < 4.78 is 34.4. The van der Waals surface area contributed by atoms with Gasteiger partial charge in [-0.3, -0.25) is 19.5 Å². The normalized spacial score (nSPS) is 16.5. The molecule has 2 bridgehead atoms. The van der Waals surface area contributed by atoms with Crippen LogP contribution in [0.3, 0.4) is 0 Å². The lowest BCUT2D eigenvalue weighted by molar-refractivity contribution is 0.0573. The van der Waals surface area contributed by atoms with E-state index >= 15 is 4.39 Å². The summed E-state index contributed by atoms with van der Waals surface area (Å²) in [7, 11) is 0. The molecule has 0 fully saturated rings. The molecular weight excluding hydrogens is 483 g/mol. The van der Waals surface area contributed by atoms with Crippen LogP contribution in [0.15, 0.2) is 24.5 Å². The Balaban J connectivity index is 1.71. The Labute approximate surface area is 212 Å². The van der Waals surface area contributed by atoms with Crippen molar-refractivity contribution in [2.24, 2.45) is 0 Å². The van der Waals surface area contributed by atoms with Crippen LogP contribution in [0.4, 0.5) is 15.0 Å². The summed E-state index contributed by atoms with van der Waals surface area (Å²) in [4.78, 5) is 27.8. The molecule has 1 atom stereocenters. The Morgan fingerprint density at radius 3 is 2.78 bits per heavy atom. The second kappa shape index (κ2) is 9.02. The highest BCUT2D eigenvalue weighted by Gasteiger charge is 2.36. The van der Waals surface area contributed by atoms with Crippen LogP contribution in [-0.4, -0.2) is 50.7 Å². The summed E-state index contributed by atoms with van der Waals surface area (Å²) in [6.45, 7) is 6.82. The van der Waals surface area contributed by atoms with Crippen molar-refractivity contribution in [2.45, 2.75) is 58.8 Å². The third-order valence-corrected chi connectivity index (χ3v) is 6.04. The fourth-order valence-corrected chi connectivity index (χ4v) is 4.36. The van der Waals surface area contributed by atoms with Gasteiger partial charge in [-0.05, 0) is 32.9 Å². The molecule has 2 aliphatic rings. The average Bonchev–Trinajstić information content (AvgIpc) is 3.47. The second-order valence-corrected chi connectivity index (χ2v) is 9.88. The Morgan fingerprint density at radius 1 is 1.27 bits per heavy atom. The van der Waals surface area contributed by atoms with E-state index in [0.717, 1.165) is 0 Å². The third-order valence-electron chi connectivity index (χ3n) is 6.04. The molecule has 2 amide bonds. The van der Waals surface area contributed by atoms with Crippen LogP contribution in [0, 0.1) is 11.2 Å². The van der Waals surface area contributed by atoms with Crippen molar-refractivity contribution < 1.29 is 28.2 Å². The number of fused-ring (bicyclic) bond motifs is 4. The summed E-state index contributed by atoms with van der Waals surface area (Å²) in [6.07, 6.45) is 0.928. The molecule has 3 aromatic rings. The SMILES string of the molecule is CCC(=N)NC(=O)c1cc2c(n3cnnc13)N(C(=O)OC(C)(C)C)Cc1c(F)ccc3c1CC(CO2)O3. The van der Waals surface area contributed by atoms with Crippen LogP contribution in [0.1, 0.15) is 55.6 Å². The first-order chi connectivity index (χ1) is 17.6. The van der Waals surface area contributed by atoms with Gasteiger partial charge in [-0.15, -0.1) is 10.2 Å². The third kappa shape index (κ3) is 4.54. The van der Waals surface area contributed by atoms with E-state index < -0.39 is 29.5 Å². The van der Waals surface area contributed by atoms with Gasteiger partial charge >= 0.3 is 6.09 Å². The van der Waals surface area contributed by atoms with Gasteiger partial charge in [0.15, 0.2) is 17.2 Å². The zero-order valence-corrected chi connectivity index (χ0v) is 20.9. The number of halogens is 1. The number of hydrogen-bond donors (Lipinski definition) is 2. The van der Waals surface area contributed by atoms with Gasteiger partial charge in [-0.2, -0.15) is 0 Å². The number of amidine groups is 1. The molecule has 1 aromatic carbocycles. The van der Waals surface area contributed by atoms with Gasteiger partial charge < -0.3 is 19.5 Å². The van der Waals surface area contributed by atoms with Crippen molar-refractivity contribution in [3.05, 3.63) is 47.0 Å². The zero-order valence-electron chi connectivity index (χ0n) is 20.9. The first kappa shape index (κ1) is 24.5. The first-order valence-electron chi connectivity index (χ1n) is 11.9.